The molecule has 1 aromatic carbocycles. The van der Waals surface area contributed by atoms with E-state index in [4.69, 9.17) is 15.2 Å². The van der Waals surface area contributed by atoms with Crippen LogP contribution in [-0.4, -0.2) is 24.9 Å². The SMILES string of the molecule is COc1ccc(CC(C)(C)N)c(O)c1OC. The molecule has 0 aromatic heterocycles. The van der Waals surface area contributed by atoms with E-state index in [1.165, 1.54) is 14.2 Å². The number of nitrogens with two attached hydrogens (primary N) is 1. The van der Waals surface area contributed by atoms with Gasteiger partial charge in [0, 0.05) is 5.54 Å². The third-order valence-corrected chi connectivity index (χ3v) is 2.25. The summed E-state index contributed by atoms with van der Waals surface area (Å²) in [6.45, 7) is 3.81. The summed E-state index contributed by atoms with van der Waals surface area (Å²) in [5.41, 5.74) is 6.29. The van der Waals surface area contributed by atoms with Gasteiger partial charge in [-0.15, -0.1) is 0 Å². The van der Waals surface area contributed by atoms with Gasteiger partial charge in [-0.05, 0) is 31.9 Å². The van der Waals surface area contributed by atoms with Crippen molar-refractivity contribution in [2.75, 3.05) is 14.2 Å². The monoisotopic (exact) mass is 225 g/mol. The van der Waals surface area contributed by atoms with Gasteiger partial charge in [-0.3, -0.25) is 0 Å². The van der Waals surface area contributed by atoms with Crippen LogP contribution in [0.4, 0.5) is 0 Å². The van der Waals surface area contributed by atoms with Crippen molar-refractivity contribution in [1.29, 1.82) is 0 Å². The van der Waals surface area contributed by atoms with E-state index in [0.717, 1.165) is 5.56 Å². The number of phenolic OH excluding ortho intramolecular Hbond substituents is 1. The third-order valence-electron chi connectivity index (χ3n) is 2.25. The fourth-order valence-corrected chi connectivity index (χ4v) is 1.58. The summed E-state index contributed by atoms with van der Waals surface area (Å²) in [7, 11) is 3.03. The second kappa shape index (κ2) is 4.61. The summed E-state index contributed by atoms with van der Waals surface area (Å²) in [6, 6.07) is 3.56. The lowest BCUT2D eigenvalue weighted by molar-refractivity contribution is 0.330. The second-order valence-corrected chi connectivity index (χ2v) is 4.47. The molecule has 0 aliphatic heterocycles. The topological polar surface area (TPSA) is 64.7 Å². The standard InChI is InChI=1S/C12H19NO3/c1-12(2,13)7-8-5-6-9(15-3)11(16-4)10(8)14/h5-6,14H,7,13H2,1-4H3. The van der Waals surface area contributed by atoms with Gasteiger partial charge in [-0.2, -0.15) is 0 Å². The van der Waals surface area contributed by atoms with Crippen LogP contribution in [0.15, 0.2) is 12.1 Å². The summed E-state index contributed by atoms with van der Waals surface area (Å²) in [5, 5.41) is 10.0. The first-order valence-electron chi connectivity index (χ1n) is 5.10. The fourth-order valence-electron chi connectivity index (χ4n) is 1.58. The third kappa shape index (κ3) is 2.79. The maximum Gasteiger partial charge on any atom is 0.203 e. The molecule has 3 N–H and O–H groups in total. The summed E-state index contributed by atoms with van der Waals surface area (Å²) in [4.78, 5) is 0. The van der Waals surface area contributed by atoms with Crippen LogP contribution in [0.5, 0.6) is 17.2 Å². The molecule has 0 bridgehead atoms. The normalized spacial score (nSPS) is 11.3. The minimum absolute atomic E-state index is 0.0976. The fraction of sp³-hybridized carbons (Fsp3) is 0.500. The smallest absolute Gasteiger partial charge is 0.203 e. The van der Waals surface area contributed by atoms with Gasteiger partial charge < -0.3 is 20.3 Å². The number of hydrogen-bond acceptors (Lipinski definition) is 4. The molecule has 90 valence electrons. The highest BCUT2D eigenvalue weighted by molar-refractivity contribution is 5.55. The number of benzene rings is 1. The Hall–Kier alpha value is -1.42. The Morgan fingerprint density at radius 3 is 2.31 bits per heavy atom. The molecule has 0 aliphatic rings. The van der Waals surface area contributed by atoms with Crippen molar-refractivity contribution in [2.45, 2.75) is 25.8 Å². The molecule has 16 heavy (non-hydrogen) atoms. The van der Waals surface area contributed by atoms with Gasteiger partial charge in [0.15, 0.2) is 11.5 Å². The molecule has 0 unspecified atom stereocenters. The van der Waals surface area contributed by atoms with Crippen molar-refractivity contribution in [3.8, 4) is 17.2 Å². The second-order valence-electron chi connectivity index (χ2n) is 4.47. The predicted octanol–water partition coefficient (Wildman–Crippen LogP) is 1.69. The Bertz CT molecular complexity index is 369. The zero-order valence-electron chi connectivity index (χ0n) is 10.2. The van der Waals surface area contributed by atoms with Crippen LogP contribution in [0, 0.1) is 0 Å². The Kier molecular flexibility index (Phi) is 3.65. The van der Waals surface area contributed by atoms with Crippen molar-refractivity contribution in [2.24, 2.45) is 5.73 Å². The van der Waals surface area contributed by atoms with Crippen LogP contribution in [0.3, 0.4) is 0 Å². The molecule has 0 fully saturated rings. The first-order valence-corrected chi connectivity index (χ1v) is 5.10. The Balaban J connectivity index is 3.14. The summed E-state index contributed by atoms with van der Waals surface area (Å²) < 4.78 is 10.2. The summed E-state index contributed by atoms with van der Waals surface area (Å²) >= 11 is 0. The lowest BCUT2D eigenvalue weighted by atomic mass is 9.95. The molecule has 4 heteroatoms. The summed E-state index contributed by atoms with van der Waals surface area (Å²) in [5.74, 6) is 0.961. The van der Waals surface area contributed by atoms with Crippen LogP contribution >= 0.6 is 0 Å². The molecule has 0 heterocycles. The first kappa shape index (κ1) is 12.6. The number of rotatable bonds is 4. The predicted molar refractivity (Wildman–Crippen MR) is 63.2 cm³/mol. The van der Waals surface area contributed by atoms with Crippen LogP contribution in [0.25, 0.3) is 0 Å². The quantitative estimate of drug-likeness (QED) is 0.818. The highest BCUT2D eigenvalue weighted by Gasteiger charge is 2.19. The van der Waals surface area contributed by atoms with Crippen LogP contribution < -0.4 is 15.2 Å². The van der Waals surface area contributed by atoms with Crippen LogP contribution in [-0.2, 0) is 6.42 Å². The highest BCUT2D eigenvalue weighted by atomic mass is 16.5. The molecule has 1 rings (SSSR count). The van der Waals surface area contributed by atoms with Crippen molar-refractivity contribution in [3.05, 3.63) is 17.7 Å². The molecular formula is C12H19NO3. The van der Waals surface area contributed by atoms with Gasteiger partial charge in [0.25, 0.3) is 0 Å². The lowest BCUT2D eigenvalue weighted by Gasteiger charge is -2.20. The largest absolute Gasteiger partial charge is 0.504 e. The van der Waals surface area contributed by atoms with E-state index in [2.05, 4.69) is 0 Å². The zero-order chi connectivity index (χ0) is 12.3. The van der Waals surface area contributed by atoms with Gasteiger partial charge in [0.2, 0.25) is 5.75 Å². The van der Waals surface area contributed by atoms with E-state index in [9.17, 15) is 5.11 Å². The molecule has 0 radical (unpaired) electrons. The van der Waals surface area contributed by atoms with Crippen molar-refractivity contribution in [1.82, 2.24) is 0 Å². The van der Waals surface area contributed by atoms with Gasteiger partial charge in [0.1, 0.15) is 0 Å². The van der Waals surface area contributed by atoms with E-state index >= 15 is 0 Å². The Morgan fingerprint density at radius 2 is 1.88 bits per heavy atom. The number of phenols is 1. The molecule has 0 saturated heterocycles. The zero-order valence-corrected chi connectivity index (χ0v) is 10.2. The lowest BCUT2D eigenvalue weighted by Crippen LogP contribution is -2.34. The van der Waals surface area contributed by atoms with E-state index in [-0.39, 0.29) is 11.3 Å². The van der Waals surface area contributed by atoms with Gasteiger partial charge in [-0.25, -0.2) is 0 Å². The molecule has 0 aliphatic carbocycles. The van der Waals surface area contributed by atoms with Crippen molar-refractivity contribution >= 4 is 0 Å². The molecular weight excluding hydrogens is 206 g/mol. The van der Waals surface area contributed by atoms with Crippen LogP contribution in [0.2, 0.25) is 0 Å². The first-order chi connectivity index (χ1) is 7.39. The number of aromatic hydroxyl groups is 1. The van der Waals surface area contributed by atoms with E-state index in [0.29, 0.717) is 17.9 Å². The molecule has 0 spiro atoms. The van der Waals surface area contributed by atoms with Gasteiger partial charge in [-0.1, -0.05) is 6.07 Å². The highest BCUT2D eigenvalue weighted by Crippen LogP contribution is 2.39. The van der Waals surface area contributed by atoms with Crippen LogP contribution in [0.1, 0.15) is 19.4 Å². The van der Waals surface area contributed by atoms with Gasteiger partial charge >= 0.3 is 0 Å². The maximum absolute atomic E-state index is 10.0. The molecule has 4 nitrogen and oxygen atoms in total. The minimum Gasteiger partial charge on any atom is -0.504 e. The summed E-state index contributed by atoms with van der Waals surface area (Å²) in [6.07, 6.45) is 0.569. The van der Waals surface area contributed by atoms with Crippen molar-refractivity contribution in [3.63, 3.8) is 0 Å². The number of ether oxygens (including phenoxy) is 2. The van der Waals surface area contributed by atoms with E-state index in [1.807, 2.05) is 13.8 Å². The molecule has 0 saturated carbocycles. The molecule has 1 aromatic rings. The average Bonchev–Trinajstić information content (AvgIpc) is 2.19. The van der Waals surface area contributed by atoms with E-state index in [1.54, 1.807) is 12.1 Å². The Morgan fingerprint density at radius 1 is 1.25 bits per heavy atom. The molecule has 0 amide bonds. The Labute approximate surface area is 96.0 Å². The minimum atomic E-state index is -0.378. The average molecular weight is 225 g/mol. The van der Waals surface area contributed by atoms with Gasteiger partial charge in [0.05, 0.1) is 14.2 Å². The van der Waals surface area contributed by atoms with E-state index < -0.39 is 0 Å². The number of methoxy groups -OCH3 is 2. The molecule has 0 atom stereocenters. The van der Waals surface area contributed by atoms with Crippen molar-refractivity contribution < 1.29 is 14.6 Å². The number of hydrogen-bond donors (Lipinski definition) is 2. The maximum atomic E-state index is 10.0.